The van der Waals surface area contributed by atoms with E-state index in [1.54, 1.807) is 0 Å². The number of nitrogens with zero attached hydrogens (tertiary/aromatic N) is 3. The van der Waals surface area contributed by atoms with E-state index in [2.05, 4.69) is 280 Å². The first-order valence-corrected chi connectivity index (χ1v) is 31.3. The van der Waals surface area contributed by atoms with Crippen molar-refractivity contribution in [2.45, 2.75) is 53.1 Å². The zero-order chi connectivity index (χ0) is 47.6. The van der Waals surface area contributed by atoms with Gasteiger partial charge in [-0.1, -0.05) is 200 Å². The molecule has 10 aromatic carbocycles. The van der Waals surface area contributed by atoms with Crippen LogP contribution in [0.15, 0.2) is 212 Å². The lowest BCUT2D eigenvalue weighted by Crippen LogP contribution is -2.37. The molecule has 0 saturated heterocycles. The van der Waals surface area contributed by atoms with Gasteiger partial charge in [-0.15, -0.1) is 0 Å². The lowest BCUT2D eigenvalue weighted by atomic mass is 9.96. The predicted molar refractivity (Wildman–Crippen MR) is 306 cm³/mol. The Morgan fingerprint density at radius 1 is 0.333 bits per heavy atom. The molecule has 0 N–H and O–H groups in total. The van der Waals surface area contributed by atoms with E-state index >= 15 is 0 Å². The van der Waals surface area contributed by atoms with Crippen LogP contribution in [0, 0.1) is 13.8 Å². The molecule has 0 aliphatic rings. The van der Waals surface area contributed by atoms with Gasteiger partial charge in [0.05, 0.1) is 38.6 Å². The predicted octanol–water partition coefficient (Wildman–Crippen LogP) is 17.4. The molecule has 0 unspecified atom stereocenters. The molecule has 0 saturated carbocycles. The van der Waals surface area contributed by atoms with Crippen molar-refractivity contribution >= 4 is 104 Å². The van der Waals surface area contributed by atoms with Crippen molar-refractivity contribution in [3.05, 3.63) is 223 Å². The fourth-order valence-corrected chi connectivity index (χ4v) is 12.6. The normalized spacial score (nSPS) is 12.1. The Morgan fingerprint density at radius 2 is 0.667 bits per heavy atom. The van der Waals surface area contributed by atoms with Crippen molar-refractivity contribution in [1.82, 2.24) is 4.57 Å². The summed E-state index contributed by atoms with van der Waals surface area (Å²) < 4.78 is 2.54. The van der Waals surface area contributed by atoms with Crippen LogP contribution in [0.4, 0.5) is 34.1 Å². The molecular formula is C64H59N3Si2. The maximum atomic E-state index is 2.54. The summed E-state index contributed by atoms with van der Waals surface area (Å²) >= 11 is 0. The van der Waals surface area contributed by atoms with E-state index in [1.807, 2.05) is 0 Å². The van der Waals surface area contributed by atoms with Crippen LogP contribution in [0.2, 0.25) is 39.3 Å². The van der Waals surface area contributed by atoms with Crippen molar-refractivity contribution in [2.24, 2.45) is 0 Å². The first-order chi connectivity index (χ1) is 33.3. The topological polar surface area (TPSA) is 11.4 Å². The van der Waals surface area contributed by atoms with Gasteiger partial charge >= 0.3 is 0 Å². The molecule has 0 radical (unpaired) electrons. The van der Waals surface area contributed by atoms with Crippen LogP contribution in [0.1, 0.15) is 11.1 Å². The molecule has 0 bridgehead atoms. The van der Waals surface area contributed by atoms with Crippen LogP contribution in [0.25, 0.3) is 60.2 Å². The fourth-order valence-electron chi connectivity index (χ4n) is 10.2. The summed E-state index contributed by atoms with van der Waals surface area (Å²) in [5.41, 5.74) is 15.1. The molecule has 1 heterocycles. The second-order valence-electron chi connectivity index (χ2n) is 20.9. The van der Waals surface area contributed by atoms with E-state index < -0.39 is 16.1 Å². The molecule has 0 aliphatic carbocycles. The van der Waals surface area contributed by atoms with E-state index in [0.29, 0.717) is 0 Å². The molecule has 0 spiro atoms. The van der Waals surface area contributed by atoms with Crippen molar-refractivity contribution in [1.29, 1.82) is 0 Å². The first kappa shape index (κ1) is 44.1. The second-order valence-corrected chi connectivity index (χ2v) is 31.0. The third-order valence-electron chi connectivity index (χ3n) is 14.0. The van der Waals surface area contributed by atoms with Gasteiger partial charge in [0.15, 0.2) is 0 Å². The lowest BCUT2D eigenvalue weighted by Gasteiger charge is -2.28. The third-order valence-corrected chi connectivity index (χ3v) is 18.1. The zero-order valence-electron chi connectivity index (χ0n) is 41.0. The van der Waals surface area contributed by atoms with Crippen molar-refractivity contribution in [3.8, 4) is 16.8 Å². The number of benzene rings is 10. The highest BCUT2D eigenvalue weighted by Crippen LogP contribution is 2.50. The smallest absolute Gasteiger partial charge is 0.0775 e. The van der Waals surface area contributed by atoms with E-state index in [4.69, 9.17) is 0 Å². The minimum atomic E-state index is -1.54. The summed E-state index contributed by atoms with van der Waals surface area (Å²) in [5, 5.41) is 10.2. The van der Waals surface area contributed by atoms with Crippen LogP contribution in [-0.4, -0.2) is 20.7 Å². The minimum absolute atomic E-state index is 1.11. The highest BCUT2D eigenvalue weighted by atomic mass is 28.3. The molecule has 5 heteroatoms. The van der Waals surface area contributed by atoms with Crippen molar-refractivity contribution < 1.29 is 0 Å². The summed E-state index contributed by atoms with van der Waals surface area (Å²) in [7, 11) is -3.08. The quantitative estimate of drug-likeness (QED) is 0.127. The number of fused-ring (bicyclic) bond motifs is 7. The number of aryl methyl sites for hydroxylation is 2. The first-order valence-electron chi connectivity index (χ1n) is 24.3. The summed E-state index contributed by atoms with van der Waals surface area (Å²) in [4.78, 5) is 4.95. The van der Waals surface area contributed by atoms with Crippen molar-refractivity contribution in [3.63, 3.8) is 0 Å². The maximum Gasteiger partial charge on any atom is 0.0775 e. The largest absolute Gasteiger partial charge is 0.310 e. The van der Waals surface area contributed by atoms with Crippen LogP contribution in [0.5, 0.6) is 0 Å². The average molecular weight is 926 g/mol. The van der Waals surface area contributed by atoms with Crippen LogP contribution in [0.3, 0.4) is 0 Å². The highest BCUT2D eigenvalue weighted by molar-refractivity contribution is 6.89. The minimum Gasteiger partial charge on any atom is -0.310 e. The van der Waals surface area contributed by atoms with Crippen LogP contribution >= 0.6 is 0 Å². The second kappa shape index (κ2) is 17.3. The SMILES string of the molecule is Cc1ccc(N(c2ccc([Si](C)(C)C)cc2)c2cc3c(c4ccccc24)c2c4ccccc4c(N(c4ccc(C)cc4)c4ccc([Si](C)(C)C)cc4)cc2n3-c2ccc(-c3ccccc3)cc2)cc1. The van der Waals surface area contributed by atoms with E-state index in [0.717, 1.165) is 50.8 Å². The van der Waals surface area contributed by atoms with Gasteiger partial charge in [0, 0.05) is 50.0 Å². The molecule has 3 nitrogen and oxygen atoms in total. The summed E-state index contributed by atoms with van der Waals surface area (Å²) in [6, 6.07) is 79.8. The van der Waals surface area contributed by atoms with Gasteiger partial charge in [-0.25, -0.2) is 0 Å². The molecule has 69 heavy (non-hydrogen) atoms. The van der Waals surface area contributed by atoms with Gasteiger partial charge in [-0.05, 0) is 109 Å². The van der Waals surface area contributed by atoms with Crippen LogP contribution < -0.4 is 20.2 Å². The van der Waals surface area contributed by atoms with Gasteiger partial charge in [0.2, 0.25) is 0 Å². The monoisotopic (exact) mass is 925 g/mol. The highest BCUT2D eigenvalue weighted by Gasteiger charge is 2.27. The fraction of sp³-hybridized carbons (Fsp3) is 0.125. The van der Waals surface area contributed by atoms with Crippen LogP contribution in [-0.2, 0) is 0 Å². The molecule has 0 atom stereocenters. The van der Waals surface area contributed by atoms with Gasteiger partial charge in [0.25, 0.3) is 0 Å². The Labute approximate surface area is 409 Å². The molecule has 11 aromatic rings. The molecule has 11 rings (SSSR count). The standard InChI is InChI=1S/C64H59N3Si2/c1-44-22-28-48(29-23-44)65(50-34-38-53(39-35-50)68(3,4)5)59-42-61-63(57-20-14-12-18-55(57)59)64-58-21-15-13-19-56(58)60(43-62(64)67(61)52-32-26-47(27-33-52)46-16-10-9-11-17-46)66(49-30-24-45(2)25-31-49)51-36-40-54(41-37-51)69(6,7)8/h9-43H,1-8H3. The van der Waals surface area contributed by atoms with Gasteiger partial charge < -0.3 is 14.4 Å². The lowest BCUT2D eigenvalue weighted by molar-refractivity contribution is 1.18. The Hall–Kier alpha value is -7.45. The maximum absolute atomic E-state index is 2.54. The van der Waals surface area contributed by atoms with Gasteiger partial charge in [-0.3, -0.25) is 0 Å². The Bertz CT molecular complexity index is 3450. The number of aromatic nitrogens is 1. The van der Waals surface area contributed by atoms with Gasteiger partial charge in [0.1, 0.15) is 0 Å². The number of hydrogen-bond donors (Lipinski definition) is 0. The molecular weight excluding hydrogens is 867 g/mol. The number of rotatable bonds is 10. The van der Waals surface area contributed by atoms with Crippen molar-refractivity contribution in [2.75, 3.05) is 9.80 Å². The summed E-state index contributed by atoms with van der Waals surface area (Å²) in [6.45, 7) is 18.9. The molecule has 338 valence electrons. The molecule has 0 aliphatic heterocycles. The number of hydrogen-bond acceptors (Lipinski definition) is 2. The van der Waals surface area contributed by atoms with Gasteiger partial charge in [-0.2, -0.15) is 0 Å². The van der Waals surface area contributed by atoms with E-state index in [-0.39, 0.29) is 0 Å². The van der Waals surface area contributed by atoms with E-state index in [9.17, 15) is 0 Å². The summed E-state index contributed by atoms with van der Waals surface area (Å²) in [5.74, 6) is 0. The third kappa shape index (κ3) is 8.05. The molecule has 0 amide bonds. The number of anilines is 6. The molecule has 0 fully saturated rings. The molecule has 1 aromatic heterocycles. The summed E-state index contributed by atoms with van der Waals surface area (Å²) in [6.07, 6.45) is 0. The van der Waals surface area contributed by atoms with E-state index in [1.165, 1.54) is 64.9 Å². The zero-order valence-corrected chi connectivity index (χ0v) is 43.0. The average Bonchev–Trinajstić information content (AvgIpc) is 3.70. The Kier molecular flexibility index (Phi) is 11.0. The Morgan fingerprint density at radius 3 is 1.04 bits per heavy atom. The Balaban J connectivity index is 1.26.